The van der Waals surface area contributed by atoms with Crippen LogP contribution in [0.25, 0.3) is 0 Å². The number of hydrogen-bond donors (Lipinski definition) is 1. The van der Waals surface area contributed by atoms with Crippen LogP contribution in [0.3, 0.4) is 0 Å². The van der Waals surface area contributed by atoms with Crippen molar-refractivity contribution >= 4 is 0 Å². The lowest BCUT2D eigenvalue weighted by Gasteiger charge is -2.44. The molecule has 1 aliphatic rings. The molecule has 1 fully saturated rings. The van der Waals surface area contributed by atoms with Gasteiger partial charge < -0.3 is 10.1 Å². The van der Waals surface area contributed by atoms with Crippen molar-refractivity contribution in [3.8, 4) is 0 Å². The van der Waals surface area contributed by atoms with Crippen molar-refractivity contribution in [2.24, 2.45) is 0 Å². The molecule has 1 aliphatic heterocycles. The second-order valence-electron chi connectivity index (χ2n) is 4.24. The van der Waals surface area contributed by atoms with Gasteiger partial charge in [-0.3, -0.25) is 0 Å². The van der Waals surface area contributed by atoms with Crippen molar-refractivity contribution in [3.63, 3.8) is 0 Å². The molecule has 78 valence electrons. The summed E-state index contributed by atoms with van der Waals surface area (Å²) < 4.78 is 31.0. The van der Waals surface area contributed by atoms with E-state index in [4.69, 9.17) is 4.74 Å². The van der Waals surface area contributed by atoms with Gasteiger partial charge >= 0.3 is 0 Å². The Hall–Kier alpha value is -0.220. The maximum atomic E-state index is 12.8. The van der Waals surface area contributed by atoms with Crippen molar-refractivity contribution in [1.29, 1.82) is 0 Å². The molecule has 2 nitrogen and oxygen atoms in total. The first kappa shape index (κ1) is 10.9. The Kier molecular flexibility index (Phi) is 2.92. The van der Waals surface area contributed by atoms with Gasteiger partial charge in [0.25, 0.3) is 6.43 Å². The van der Waals surface area contributed by atoms with Crippen LogP contribution in [0, 0.1) is 0 Å². The quantitative estimate of drug-likeness (QED) is 0.722. The number of ether oxygens (including phenoxy) is 1. The van der Waals surface area contributed by atoms with E-state index in [2.05, 4.69) is 5.32 Å². The van der Waals surface area contributed by atoms with Gasteiger partial charge in [-0.2, -0.15) is 0 Å². The summed E-state index contributed by atoms with van der Waals surface area (Å²) in [5.74, 6) is 0. The Bertz CT molecular complexity index is 184. The summed E-state index contributed by atoms with van der Waals surface area (Å²) in [5, 5.41) is 2.74. The summed E-state index contributed by atoms with van der Waals surface area (Å²) in [6, 6.07) is 0. The number of hydrogen-bond acceptors (Lipinski definition) is 2. The smallest absolute Gasteiger partial charge is 0.256 e. The molecule has 1 atom stereocenters. The Labute approximate surface area is 77.6 Å². The first-order chi connectivity index (χ1) is 5.92. The third kappa shape index (κ3) is 2.17. The van der Waals surface area contributed by atoms with Gasteiger partial charge in [-0.1, -0.05) is 0 Å². The molecule has 0 amide bonds. The van der Waals surface area contributed by atoms with E-state index >= 15 is 0 Å². The second kappa shape index (κ2) is 3.50. The molecular weight excluding hydrogens is 176 g/mol. The summed E-state index contributed by atoms with van der Waals surface area (Å²) in [6.07, 6.45) is -1.60. The Morgan fingerprint density at radius 3 is 2.31 bits per heavy atom. The molecule has 0 aromatic carbocycles. The van der Waals surface area contributed by atoms with Crippen LogP contribution >= 0.6 is 0 Å². The van der Waals surface area contributed by atoms with Crippen LogP contribution in [0.1, 0.15) is 26.7 Å². The van der Waals surface area contributed by atoms with E-state index in [0.717, 1.165) is 0 Å². The molecule has 0 aromatic heterocycles. The largest absolute Gasteiger partial charge is 0.375 e. The summed E-state index contributed by atoms with van der Waals surface area (Å²) >= 11 is 0. The van der Waals surface area contributed by atoms with E-state index in [-0.39, 0.29) is 0 Å². The van der Waals surface area contributed by atoms with Crippen LogP contribution in [0.2, 0.25) is 0 Å². The molecule has 13 heavy (non-hydrogen) atoms. The fourth-order valence-corrected chi connectivity index (χ4v) is 1.92. The number of halogens is 2. The highest BCUT2D eigenvalue weighted by atomic mass is 19.3. The normalized spacial score (nSPS) is 33.7. The summed E-state index contributed by atoms with van der Waals surface area (Å²) in [7, 11) is 1.59. The number of nitrogens with one attached hydrogen (secondary N) is 1. The maximum Gasteiger partial charge on any atom is 0.256 e. The third-order valence-electron chi connectivity index (χ3n) is 2.70. The summed E-state index contributed by atoms with van der Waals surface area (Å²) in [4.78, 5) is 0. The lowest BCUT2D eigenvalue weighted by atomic mass is 9.81. The van der Waals surface area contributed by atoms with Gasteiger partial charge in [0.15, 0.2) is 0 Å². The topological polar surface area (TPSA) is 21.3 Å². The first-order valence-corrected chi connectivity index (χ1v) is 4.53. The minimum atomic E-state index is -2.33. The van der Waals surface area contributed by atoms with Crippen molar-refractivity contribution in [1.82, 2.24) is 5.32 Å². The lowest BCUT2D eigenvalue weighted by molar-refractivity contribution is -0.123. The highest BCUT2D eigenvalue weighted by molar-refractivity contribution is 4.97. The molecule has 0 aromatic rings. The summed E-state index contributed by atoms with van der Waals surface area (Å²) in [5.41, 5.74) is -1.50. The fourth-order valence-electron chi connectivity index (χ4n) is 1.92. The average molecular weight is 193 g/mol. The average Bonchev–Trinajstić information content (AvgIpc) is 2.02. The Morgan fingerprint density at radius 1 is 1.38 bits per heavy atom. The van der Waals surface area contributed by atoms with Crippen LogP contribution in [0.15, 0.2) is 0 Å². The highest BCUT2D eigenvalue weighted by Gasteiger charge is 2.46. The minimum absolute atomic E-state index is 0.355. The van der Waals surface area contributed by atoms with Gasteiger partial charge in [0.05, 0.1) is 11.1 Å². The molecule has 1 rings (SSSR count). The van der Waals surface area contributed by atoms with Gasteiger partial charge in [-0.05, 0) is 33.7 Å². The van der Waals surface area contributed by atoms with Gasteiger partial charge in [-0.15, -0.1) is 0 Å². The molecule has 0 saturated carbocycles. The number of alkyl halides is 2. The molecule has 0 spiro atoms. The standard InChI is InChI=1S/C9H17F2NO/c1-8(2)6-9(12-3,7(10)11)4-5-13-8/h7,12H,4-6H2,1-3H3. The van der Waals surface area contributed by atoms with E-state index in [9.17, 15) is 8.78 Å². The van der Waals surface area contributed by atoms with Gasteiger partial charge in [0.2, 0.25) is 0 Å². The maximum absolute atomic E-state index is 12.8. The predicted octanol–water partition coefficient (Wildman–Crippen LogP) is 1.80. The van der Waals surface area contributed by atoms with E-state index in [0.29, 0.717) is 19.4 Å². The van der Waals surface area contributed by atoms with Crippen LogP contribution in [0.4, 0.5) is 8.78 Å². The SMILES string of the molecule is CNC1(C(F)F)CCOC(C)(C)C1. The predicted molar refractivity (Wildman–Crippen MR) is 47.1 cm³/mol. The zero-order valence-corrected chi connectivity index (χ0v) is 8.36. The summed E-state index contributed by atoms with van der Waals surface area (Å²) in [6.45, 7) is 4.10. The van der Waals surface area contributed by atoms with Gasteiger partial charge in [0.1, 0.15) is 0 Å². The zero-order chi connectivity index (χ0) is 10.1. The monoisotopic (exact) mass is 193 g/mol. The van der Waals surface area contributed by atoms with Crippen LogP contribution in [-0.4, -0.2) is 31.2 Å². The Morgan fingerprint density at radius 2 is 2.00 bits per heavy atom. The van der Waals surface area contributed by atoms with E-state index in [1.54, 1.807) is 7.05 Å². The molecule has 4 heteroatoms. The molecule has 1 saturated heterocycles. The van der Waals surface area contributed by atoms with Crippen molar-refractivity contribution in [2.75, 3.05) is 13.7 Å². The van der Waals surface area contributed by atoms with E-state index < -0.39 is 17.6 Å². The molecule has 0 aliphatic carbocycles. The second-order valence-corrected chi connectivity index (χ2v) is 4.24. The molecule has 1 unspecified atom stereocenters. The fraction of sp³-hybridized carbons (Fsp3) is 1.00. The highest BCUT2D eigenvalue weighted by Crippen LogP contribution is 2.35. The zero-order valence-electron chi connectivity index (χ0n) is 8.36. The number of rotatable bonds is 2. The molecule has 1 N–H and O–H groups in total. The first-order valence-electron chi connectivity index (χ1n) is 4.53. The molecular formula is C9H17F2NO. The van der Waals surface area contributed by atoms with E-state index in [1.165, 1.54) is 0 Å². The van der Waals surface area contributed by atoms with Crippen LogP contribution in [0.5, 0.6) is 0 Å². The van der Waals surface area contributed by atoms with E-state index in [1.807, 2.05) is 13.8 Å². The molecule has 0 radical (unpaired) electrons. The van der Waals surface area contributed by atoms with Crippen LogP contribution < -0.4 is 5.32 Å². The lowest BCUT2D eigenvalue weighted by Crippen LogP contribution is -2.57. The molecule has 1 heterocycles. The Balaban J connectivity index is 2.76. The van der Waals surface area contributed by atoms with Gasteiger partial charge in [-0.25, -0.2) is 8.78 Å². The van der Waals surface area contributed by atoms with Gasteiger partial charge in [0, 0.05) is 6.61 Å². The van der Waals surface area contributed by atoms with Crippen LogP contribution in [-0.2, 0) is 4.74 Å². The molecule has 0 bridgehead atoms. The van der Waals surface area contributed by atoms with Crippen molar-refractivity contribution in [3.05, 3.63) is 0 Å². The van der Waals surface area contributed by atoms with Crippen molar-refractivity contribution < 1.29 is 13.5 Å². The minimum Gasteiger partial charge on any atom is -0.375 e. The van der Waals surface area contributed by atoms with Crippen molar-refractivity contribution in [2.45, 2.75) is 44.3 Å². The third-order valence-corrected chi connectivity index (χ3v) is 2.70.